The number of fused-ring (bicyclic) bond motifs is 1. The highest BCUT2D eigenvalue weighted by atomic mass is 32.2. The molecule has 1 amide bonds. The molecule has 1 aromatic carbocycles. The second kappa shape index (κ2) is 10.9. The number of nitrogens with zero attached hydrogens (tertiary/aromatic N) is 5. The summed E-state index contributed by atoms with van der Waals surface area (Å²) < 4.78 is 15.1. The number of aliphatic carboxylic acids is 1. The molecule has 3 aromatic rings. The minimum absolute atomic E-state index is 0.0693. The molecule has 1 N–H and O–H groups in total. The number of hydrogen-bond acceptors (Lipinski definition) is 8. The van der Waals surface area contributed by atoms with Gasteiger partial charge in [-0.05, 0) is 48.9 Å². The third-order valence-corrected chi connectivity index (χ3v) is 7.82. The van der Waals surface area contributed by atoms with Crippen molar-refractivity contribution in [3.8, 4) is 0 Å². The van der Waals surface area contributed by atoms with Crippen molar-refractivity contribution in [1.29, 1.82) is 0 Å². The summed E-state index contributed by atoms with van der Waals surface area (Å²) in [5.74, 6) is -1.10. The van der Waals surface area contributed by atoms with Crippen LogP contribution in [-0.2, 0) is 9.59 Å². The molecular formula is C26H24FN5O4S2. The van der Waals surface area contributed by atoms with Crippen molar-refractivity contribution in [2.24, 2.45) is 0 Å². The second-order valence-corrected chi connectivity index (χ2v) is 10.5. The predicted octanol–water partition coefficient (Wildman–Crippen LogP) is 3.23. The number of carbonyl (C=O) groups excluding carboxylic acids is 1. The van der Waals surface area contributed by atoms with Crippen LogP contribution in [0.15, 0.2) is 58.4 Å². The van der Waals surface area contributed by atoms with Crippen molar-refractivity contribution < 1.29 is 19.1 Å². The van der Waals surface area contributed by atoms with E-state index in [0.717, 1.165) is 17.4 Å². The highest BCUT2D eigenvalue weighted by Crippen LogP contribution is 2.34. The summed E-state index contributed by atoms with van der Waals surface area (Å²) in [6.45, 7) is 2.63. The Labute approximate surface area is 227 Å². The number of pyridine rings is 1. The van der Waals surface area contributed by atoms with Crippen LogP contribution in [0.3, 0.4) is 0 Å². The number of piperazine rings is 1. The number of rotatable bonds is 7. The lowest BCUT2D eigenvalue weighted by Crippen LogP contribution is -2.47. The first-order valence-electron chi connectivity index (χ1n) is 12.1. The van der Waals surface area contributed by atoms with E-state index in [9.17, 15) is 18.8 Å². The van der Waals surface area contributed by atoms with Gasteiger partial charge in [0.25, 0.3) is 11.5 Å². The van der Waals surface area contributed by atoms with Crippen molar-refractivity contribution in [1.82, 2.24) is 14.3 Å². The van der Waals surface area contributed by atoms with Gasteiger partial charge in [-0.15, -0.1) is 0 Å². The zero-order valence-electron chi connectivity index (χ0n) is 20.2. The van der Waals surface area contributed by atoms with Gasteiger partial charge in [-0.25, -0.2) is 9.37 Å². The maximum Gasteiger partial charge on any atom is 0.303 e. The van der Waals surface area contributed by atoms with Crippen molar-refractivity contribution >= 4 is 63.4 Å². The number of anilines is 2. The van der Waals surface area contributed by atoms with Crippen molar-refractivity contribution in [2.75, 3.05) is 42.5 Å². The molecule has 0 aliphatic carbocycles. The number of aromatic nitrogens is 2. The lowest BCUT2D eigenvalue weighted by atomic mass is 10.2. The Hall–Kier alpha value is -3.77. The van der Waals surface area contributed by atoms with E-state index in [-0.39, 0.29) is 42.2 Å². The quantitative estimate of drug-likeness (QED) is 0.349. The van der Waals surface area contributed by atoms with Gasteiger partial charge in [0.05, 0.1) is 10.5 Å². The van der Waals surface area contributed by atoms with Crippen LogP contribution in [0.5, 0.6) is 0 Å². The Kier molecular flexibility index (Phi) is 7.43. The van der Waals surface area contributed by atoms with Gasteiger partial charge < -0.3 is 14.9 Å². The van der Waals surface area contributed by atoms with Gasteiger partial charge in [-0.2, -0.15) is 0 Å². The predicted molar refractivity (Wildman–Crippen MR) is 149 cm³/mol. The molecule has 2 aliphatic heterocycles. The number of carboxylic acids is 1. The Bertz CT molecular complexity index is 1500. The van der Waals surface area contributed by atoms with Crippen LogP contribution in [0.4, 0.5) is 15.9 Å². The van der Waals surface area contributed by atoms with E-state index < -0.39 is 5.97 Å². The number of thiocarbonyl (C=S) groups is 1. The van der Waals surface area contributed by atoms with E-state index in [1.807, 2.05) is 4.90 Å². The summed E-state index contributed by atoms with van der Waals surface area (Å²) in [4.78, 5) is 48.2. The van der Waals surface area contributed by atoms with Crippen molar-refractivity contribution in [3.05, 3.63) is 75.3 Å². The zero-order chi connectivity index (χ0) is 26.8. The summed E-state index contributed by atoms with van der Waals surface area (Å²) >= 11 is 6.46. The fraction of sp³-hybridized carbons (Fsp3) is 0.269. The molecular weight excluding hydrogens is 529 g/mol. The lowest BCUT2D eigenvalue weighted by Gasteiger charge is -2.37. The van der Waals surface area contributed by atoms with Gasteiger partial charge in [0.1, 0.15) is 21.6 Å². The molecule has 0 saturated carbocycles. The summed E-state index contributed by atoms with van der Waals surface area (Å²) in [5.41, 5.74) is 1.40. The van der Waals surface area contributed by atoms with Crippen LogP contribution in [0.25, 0.3) is 11.7 Å². The molecule has 2 saturated heterocycles. The molecule has 9 nitrogen and oxygen atoms in total. The van der Waals surface area contributed by atoms with E-state index in [4.69, 9.17) is 22.3 Å². The normalized spacial score (nSPS) is 17.2. The molecule has 4 heterocycles. The molecule has 2 fully saturated rings. The molecule has 38 heavy (non-hydrogen) atoms. The Balaban J connectivity index is 1.45. The average molecular weight is 554 g/mol. The minimum Gasteiger partial charge on any atom is -0.481 e. The van der Waals surface area contributed by atoms with E-state index in [1.165, 1.54) is 21.4 Å². The molecule has 0 radical (unpaired) electrons. The number of halogens is 1. The van der Waals surface area contributed by atoms with E-state index in [2.05, 4.69) is 4.90 Å². The number of carboxylic acid groups (broad SMARTS) is 1. The summed E-state index contributed by atoms with van der Waals surface area (Å²) in [7, 11) is 0. The van der Waals surface area contributed by atoms with Crippen molar-refractivity contribution in [2.45, 2.75) is 12.8 Å². The van der Waals surface area contributed by atoms with Gasteiger partial charge in [0.15, 0.2) is 0 Å². The number of hydrogen-bond donors (Lipinski definition) is 1. The lowest BCUT2D eigenvalue weighted by molar-refractivity contribution is -0.137. The molecule has 0 spiro atoms. The van der Waals surface area contributed by atoms with E-state index in [1.54, 1.807) is 42.6 Å². The van der Waals surface area contributed by atoms with Crippen LogP contribution >= 0.6 is 24.0 Å². The van der Waals surface area contributed by atoms with Crippen molar-refractivity contribution in [3.63, 3.8) is 0 Å². The summed E-state index contributed by atoms with van der Waals surface area (Å²) in [6.07, 6.45) is 3.39. The SMILES string of the molecule is O=C(O)CCCN1C(=O)C(=Cc2c(N3CCN(c4ccc(F)cc4)CC3)nc3ccccn3c2=O)SC1=S. The first-order valence-corrected chi connectivity index (χ1v) is 13.3. The van der Waals surface area contributed by atoms with Gasteiger partial charge in [0.2, 0.25) is 0 Å². The third kappa shape index (κ3) is 5.27. The van der Waals surface area contributed by atoms with Crippen LogP contribution < -0.4 is 15.4 Å². The average Bonchev–Trinajstić information content (AvgIpc) is 3.18. The molecule has 0 unspecified atom stereocenters. The molecule has 5 rings (SSSR count). The monoisotopic (exact) mass is 553 g/mol. The molecule has 12 heteroatoms. The smallest absolute Gasteiger partial charge is 0.303 e. The summed E-state index contributed by atoms with van der Waals surface area (Å²) in [6, 6.07) is 11.7. The molecule has 2 aliphatic rings. The first-order chi connectivity index (χ1) is 18.3. The Morgan fingerprint density at radius 3 is 2.50 bits per heavy atom. The highest BCUT2D eigenvalue weighted by Gasteiger charge is 2.33. The standard InChI is InChI=1S/C26H24FN5O4S2/c27-17-6-8-18(9-7-17)29-12-14-30(15-13-29)23-19(24(35)31-10-2-1-4-21(31)28-23)16-20-25(36)32(26(37)38-20)11-3-5-22(33)34/h1-2,4,6-10,16H,3,5,11-15H2,(H,33,34). The molecule has 2 aromatic heterocycles. The van der Waals surface area contributed by atoms with Crippen LogP contribution in [0.1, 0.15) is 18.4 Å². The van der Waals surface area contributed by atoms with Gasteiger partial charge in [0, 0.05) is 51.0 Å². The topological polar surface area (TPSA) is 98.5 Å². The third-order valence-electron chi connectivity index (χ3n) is 6.44. The van der Waals surface area contributed by atoms with Crippen LogP contribution in [-0.4, -0.2) is 68.3 Å². The van der Waals surface area contributed by atoms with Gasteiger partial charge in [-0.1, -0.05) is 30.0 Å². The second-order valence-electron chi connectivity index (χ2n) is 8.86. The van der Waals surface area contributed by atoms with Crippen LogP contribution in [0, 0.1) is 5.82 Å². The minimum atomic E-state index is -0.939. The molecule has 0 bridgehead atoms. The van der Waals surface area contributed by atoms with E-state index in [0.29, 0.717) is 46.9 Å². The maximum absolute atomic E-state index is 13.6. The van der Waals surface area contributed by atoms with Gasteiger partial charge in [-0.3, -0.25) is 23.7 Å². The molecule has 196 valence electrons. The zero-order valence-corrected chi connectivity index (χ0v) is 21.9. The number of carbonyl (C=O) groups is 2. The Morgan fingerprint density at radius 1 is 1.08 bits per heavy atom. The fourth-order valence-electron chi connectivity index (χ4n) is 4.50. The highest BCUT2D eigenvalue weighted by molar-refractivity contribution is 8.26. The number of benzene rings is 1. The van der Waals surface area contributed by atoms with E-state index >= 15 is 0 Å². The Morgan fingerprint density at radius 2 is 1.79 bits per heavy atom. The maximum atomic E-state index is 13.6. The van der Waals surface area contributed by atoms with Crippen LogP contribution in [0.2, 0.25) is 0 Å². The summed E-state index contributed by atoms with van der Waals surface area (Å²) in [5, 5.41) is 8.91. The largest absolute Gasteiger partial charge is 0.481 e. The molecule has 0 atom stereocenters. The fourth-order valence-corrected chi connectivity index (χ4v) is 5.79. The number of thioether (sulfide) groups is 1. The van der Waals surface area contributed by atoms with Gasteiger partial charge >= 0.3 is 5.97 Å². The number of amides is 1. The first kappa shape index (κ1) is 25.9.